The van der Waals surface area contributed by atoms with Gasteiger partial charge in [-0.3, -0.25) is 4.90 Å². The fourth-order valence-electron chi connectivity index (χ4n) is 4.18. The van der Waals surface area contributed by atoms with Gasteiger partial charge >= 0.3 is 0 Å². The van der Waals surface area contributed by atoms with E-state index in [-0.39, 0.29) is 0 Å². The summed E-state index contributed by atoms with van der Waals surface area (Å²) in [4.78, 5) is 7.95. The summed E-state index contributed by atoms with van der Waals surface area (Å²) < 4.78 is 0. The van der Waals surface area contributed by atoms with Crippen LogP contribution in [0.5, 0.6) is 0 Å². The SMILES string of the molecule is Clc1cccc(N2CCN([C@@H]3CCCN(CC4CC4)C3)CC2)c1. The standard InChI is InChI=1S/C19H28ClN3/c20-17-3-1-4-18(13-17)22-9-11-23(12-10-22)19-5-2-8-21(15-19)14-16-6-7-16/h1,3-4,13,16,19H,2,5-12,14-15H2/t19-/m1/s1. The minimum Gasteiger partial charge on any atom is -0.369 e. The summed E-state index contributed by atoms with van der Waals surface area (Å²) >= 11 is 6.13. The highest BCUT2D eigenvalue weighted by Gasteiger charge is 2.31. The Kier molecular flexibility index (Phi) is 4.79. The molecule has 3 aliphatic rings. The Bertz CT molecular complexity index is 523. The summed E-state index contributed by atoms with van der Waals surface area (Å²) in [7, 11) is 0. The Morgan fingerprint density at radius 2 is 1.83 bits per heavy atom. The fourth-order valence-corrected chi connectivity index (χ4v) is 4.36. The molecule has 23 heavy (non-hydrogen) atoms. The highest BCUT2D eigenvalue weighted by molar-refractivity contribution is 6.30. The number of benzene rings is 1. The van der Waals surface area contributed by atoms with Crippen molar-refractivity contribution in [3.8, 4) is 0 Å². The van der Waals surface area contributed by atoms with Gasteiger partial charge in [0.25, 0.3) is 0 Å². The zero-order valence-electron chi connectivity index (χ0n) is 14.0. The van der Waals surface area contributed by atoms with Gasteiger partial charge in [-0.05, 0) is 56.3 Å². The van der Waals surface area contributed by atoms with Crippen molar-refractivity contribution in [3.05, 3.63) is 29.3 Å². The third-order valence-corrected chi connectivity index (χ3v) is 5.93. The molecule has 1 aliphatic carbocycles. The minimum atomic E-state index is 0.781. The molecule has 2 aliphatic heterocycles. The molecule has 1 aromatic rings. The molecule has 0 amide bonds. The third-order valence-electron chi connectivity index (χ3n) is 5.70. The maximum absolute atomic E-state index is 6.13. The Hall–Kier alpha value is -0.770. The molecule has 4 heteroatoms. The van der Waals surface area contributed by atoms with Crippen LogP contribution >= 0.6 is 11.6 Å². The number of likely N-dealkylation sites (tertiary alicyclic amines) is 1. The summed E-state index contributed by atoms with van der Waals surface area (Å²) in [6, 6.07) is 9.07. The molecule has 126 valence electrons. The number of halogens is 1. The van der Waals surface area contributed by atoms with Crippen LogP contribution in [0.2, 0.25) is 5.02 Å². The predicted molar refractivity (Wildman–Crippen MR) is 97.4 cm³/mol. The van der Waals surface area contributed by atoms with Crippen LogP contribution in [0.1, 0.15) is 25.7 Å². The molecule has 1 atom stereocenters. The topological polar surface area (TPSA) is 9.72 Å². The highest BCUT2D eigenvalue weighted by Crippen LogP contribution is 2.31. The number of anilines is 1. The molecule has 2 heterocycles. The molecular formula is C19H28ClN3. The summed E-state index contributed by atoms with van der Waals surface area (Å²) in [5.74, 6) is 1.02. The lowest BCUT2D eigenvalue weighted by Crippen LogP contribution is -2.55. The van der Waals surface area contributed by atoms with Crippen LogP contribution in [0.3, 0.4) is 0 Å². The van der Waals surface area contributed by atoms with E-state index in [1.807, 2.05) is 6.07 Å². The van der Waals surface area contributed by atoms with Gasteiger partial charge in [-0.15, -0.1) is 0 Å². The van der Waals surface area contributed by atoms with Crippen LogP contribution < -0.4 is 4.90 Å². The summed E-state index contributed by atoms with van der Waals surface area (Å²) in [6.07, 6.45) is 5.71. The lowest BCUT2D eigenvalue weighted by atomic mass is 10.0. The van der Waals surface area contributed by atoms with E-state index in [4.69, 9.17) is 11.6 Å². The van der Waals surface area contributed by atoms with Crippen LogP contribution in [-0.4, -0.2) is 61.7 Å². The van der Waals surface area contributed by atoms with Crippen LogP contribution in [-0.2, 0) is 0 Å². The Morgan fingerprint density at radius 3 is 2.57 bits per heavy atom. The monoisotopic (exact) mass is 333 g/mol. The van der Waals surface area contributed by atoms with Gasteiger partial charge in [-0.1, -0.05) is 17.7 Å². The molecule has 0 aromatic heterocycles. The second kappa shape index (κ2) is 7.00. The number of nitrogens with zero attached hydrogens (tertiary/aromatic N) is 3. The van der Waals surface area contributed by atoms with E-state index in [1.54, 1.807) is 0 Å². The van der Waals surface area contributed by atoms with Crippen molar-refractivity contribution in [1.29, 1.82) is 0 Å². The van der Waals surface area contributed by atoms with Gasteiger partial charge < -0.3 is 9.80 Å². The molecule has 3 fully saturated rings. The molecule has 0 spiro atoms. The molecule has 4 rings (SSSR count). The number of hydrogen-bond donors (Lipinski definition) is 0. The Morgan fingerprint density at radius 1 is 1.00 bits per heavy atom. The molecule has 0 radical (unpaired) electrons. The first-order valence-corrected chi connectivity index (χ1v) is 9.62. The molecule has 1 saturated carbocycles. The molecule has 0 bridgehead atoms. The predicted octanol–water partition coefficient (Wildman–Crippen LogP) is 3.34. The zero-order valence-corrected chi connectivity index (χ0v) is 14.7. The van der Waals surface area contributed by atoms with Gasteiger partial charge in [0.1, 0.15) is 0 Å². The Labute approximate surface area is 145 Å². The number of piperidine rings is 1. The molecular weight excluding hydrogens is 306 g/mol. The van der Waals surface area contributed by atoms with Crippen LogP contribution in [0.25, 0.3) is 0 Å². The molecule has 3 nitrogen and oxygen atoms in total. The van der Waals surface area contributed by atoms with Gasteiger partial charge in [0.2, 0.25) is 0 Å². The maximum Gasteiger partial charge on any atom is 0.0426 e. The highest BCUT2D eigenvalue weighted by atomic mass is 35.5. The van der Waals surface area contributed by atoms with E-state index in [2.05, 4.69) is 32.9 Å². The summed E-state index contributed by atoms with van der Waals surface area (Å²) in [6.45, 7) is 8.62. The lowest BCUT2D eigenvalue weighted by Gasteiger charge is -2.44. The van der Waals surface area contributed by atoms with E-state index in [1.165, 1.54) is 64.1 Å². The Balaban J connectivity index is 1.30. The fraction of sp³-hybridized carbons (Fsp3) is 0.684. The molecule has 0 unspecified atom stereocenters. The van der Waals surface area contributed by atoms with Gasteiger partial charge in [-0.25, -0.2) is 0 Å². The van der Waals surface area contributed by atoms with Gasteiger partial charge in [0.05, 0.1) is 0 Å². The van der Waals surface area contributed by atoms with Gasteiger partial charge in [0.15, 0.2) is 0 Å². The van der Waals surface area contributed by atoms with Crippen molar-refractivity contribution in [1.82, 2.24) is 9.80 Å². The van der Waals surface area contributed by atoms with Crippen molar-refractivity contribution in [2.24, 2.45) is 5.92 Å². The van der Waals surface area contributed by atoms with Crippen molar-refractivity contribution >= 4 is 17.3 Å². The summed E-state index contributed by atoms with van der Waals surface area (Å²) in [5, 5.41) is 0.841. The molecule has 2 saturated heterocycles. The number of piperazine rings is 1. The first-order chi connectivity index (χ1) is 11.3. The average Bonchev–Trinajstić information content (AvgIpc) is 3.39. The van der Waals surface area contributed by atoms with E-state index in [9.17, 15) is 0 Å². The number of rotatable bonds is 4. The zero-order chi connectivity index (χ0) is 15.6. The largest absolute Gasteiger partial charge is 0.369 e. The first kappa shape index (κ1) is 15.7. The van der Waals surface area contributed by atoms with Crippen LogP contribution in [0, 0.1) is 5.92 Å². The van der Waals surface area contributed by atoms with Crippen LogP contribution in [0.4, 0.5) is 5.69 Å². The van der Waals surface area contributed by atoms with E-state index in [0.29, 0.717) is 0 Å². The quantitative estimate of drug-likeness (QED) is 0.836. The minimum absolute atomic E-state index is 0.781. The smallest absolute Gasteiger partial charge is 0.0426 e. The number of hydrogen-bond acceptors (Lipinski definition) is 3. The van der Waals surface area contributed by atoms with Crippen molar-refractivity contribution < 1.29 is 0 Å². The van der Waals surface area contributed by atoms with E-state index in [0.717, 1.165) is 30.1 Å². The molecule has 0 N–H and O–H groups in total. The second-order valence-corrected chi connectivity index (χ2v) is 7.94. The lowest BCUT2D eigenvalue weighted by molar-refractivity contribution is 0.0901. The summed E-state index contributed by atoms with van der Waals surface area (Å²) in [5.41, 5.74) is 1.27. The van der Waals surface area contributed by atoms with Crippen molar-refractivity contribution in [2.45, 2.75) is 31.7 Å². The van der Waals surface area contributed by atoms with Crippen molar-refractivity contribution in [2.75, 3.05) is 50.7 Å². The third kappa shape index (κ3) is 4.01. The second-order valence-electron chi connectivity index (χ2n) is 7.50. The van der Waals surface area contributed by atoms with E-state index < -0.39 is 0 Å². The average molecular weight is 334 g/mol. The first-order valence-electron chi connectivity index (χ1n) is 9.25. The van der Waals surface area contributed by atoms with Crippen molar-refractivity contribution in [3.63, 3.8) is 0 Å². The maximum atomic E-state index is 6.13. The van der Waals surface area contributed by atoms with E-state index >= 15 is 0 Å². The molecule has 1 aromatic carbocycles. The van der Waals surface area contributed by atoms with Crippen LogP contribution in [0.15, 0.2) is 24.3 Å². The van der Waals surface area contributed by atoms with Gasteiger partial charge in [-0.2, -0.15) is 0 Å². The normalized spacial score (nSPS) is 27.3. The van der Waals surface area contributed by atoms with Gasteiger partial charge in [0, 0.05) is 56.0 Å².